The van der Waals surface area contributed by atoms with Gasteiger partial charge in [0.25, 0.3) is 0 Å². The highest BCUT2D eigenvalue weighted by atomic mass is 35.5. The fraction of sp³-hybridized carbons (Fsp3) is 0.300. The van der Waals surface area contributed by atoms with Gasteiger partial charge in [0.05, 0.1) is 4.90 Å². The first kappa shape index (κ1) is 16.8. The van der Waals surface area contributed by atoms with Crippen molar-refractivity contribution in [1.82, 2.24) is 0 Å². The maximum Gasteiger partial charge on any atom is 0.238 e. The predicted molar refractivity (Wildman–Crippen MR) is 102 cm³/mol. The maximum atomic E-state index is 11.5. The van der Waals surface area contributed by atoms with Crippen LogP contribution in [0.2, 0.25) is 5.02 Å². The molecule has 0 bridgehead atoms. The SMILES string of the molecule is Cc1cc(C2=C(c3ccc(S(N)(=O)=O)cc3)CC3(CC3)C2)ccc1Cl. The van der Waals surface area contributed by atoms with E-state index in [1.165, 1.54) is 29.6 Å². The lowest BCUT2D eigenvalue weighted by atomic mass is 9.96. The van der Waals surface area contributed by atoms with E-state index in [9.17, 15) is 8.42 Å². The number of hydrogen-bond donors (Lipinski definition) is 1. The average Bonchev–Trinajstić information content (AvgIpc) is 3.20. The zero-order valence-electron chi connectivity index (χ0n) is 14.0. The van der Waals surface area contributed by atoms with Crippen molar-refractivity contribution in [3.05, 3.63) is 64.2 Å². The van der Waals surface area contributed by atoms with Gasteiger partial charge in [-0.05, 0) is 84.1 Å². The Bertz CT molecular complexity index is 987. The number of sulfonamides is 1. The number of aryl methyl sites for hydroxylation is 1. The van der Waals surface area contributed by atoms with E-state index in [2.05, 4.69) is 12.1 Å². The van der Waals surface area contributed by atoms with Gasteiger partial charge < -0.3 is 0 Å². The first-order chi connectivity index (χ1) is 11.8. The number of allylic oxidation sites excluding steroid dienone is 2. The molecule has 0 atom stereocenters. The van der Waals surface area contributed by atoms with Crippen LogP contribution in [0.4, 0.5) is 0 Å². The summed E-state index contributed by atoms with van der Waals surface area (Å²) in [5.74, 6) is 0. The number of benzene rings is 2. The number of primary sulfonamides is 1. The summed E-state index contributed by atoms with van der Waals surface area (Å²) in [4.78, 5) is 0.153. The quantitative estimate of drug-likeness (QED) is 0.841. The lowest BCUT2D eigenvalue weighted by molar-refractivity contribution is 0.568. The van der Waals surface area contributed by atoms with E-state index in [1.54, 1.807) is 12.1 Å². The molecule has 0 aromatic heterocycles. The van der Waals surface area contributed by atoms with Crippen LogP contribution in [-0.2, 0) is 10.0 Å². The molecule has 0 unspecified atom stereocenters. The first-order valence-corrected chi connectivity index (χ1v) is 10.3. The molecule has 4 rings (SSSR count). The Morgan fingerprint density at radius 1 is 0.960 bits per heavy atom. The van der Waals surface area contributed by atoms with E-state index in [1.807, 2.05) is 25.1 Å². The van der Waals surface area contributed by atoms with E-state index in [0.717, 1.165) is 29.0 Å². The van der Waals surface area contributed by atoms with E-state index in [-0.39, 0.29) is 4.90 Å². The number of nitrogens with two attached hydrogens (primary N) is 1. The van der Waals surface area contributed by atoms with Gasteiger partial charge in [0.1, 0.15) is 0 Å². The summed E-state index contributed by atoms with van der Waals surface area (Å²) in [5.41, 5.74) is 6.47. The van der Waals surface area contributed by atoms with Gasteiger partial charge in [-0.2, -0.15) is 0 Å². The third kappa shape index (κ3) is 3.14. The van der Waals surface area contributed by atoms with Crippen LogP contribution in [0, 0.1) is 12.3 Å². The minimum atomic E-state index is -3.66. The third-order valence-corrected chi connectivity index (χ3v) is 6.82. The predicted octanol–water partition coefficient (Wildman–Crippen LogP) is 4.78. The minimum absolute atomic E-state index is 0.153. The van der Waals surface area contributed by atoms with Crippen LogP contribution in [0.25, 0.3) is 11.1 Å². The van der Waals surface area contributed by atoms with Crippen LogP contribution in [0.5, 0.6) is 0 Å². The fourth-order valence-electron chi connectivity index (χ4n) is 3.79. The Balaban J connectivity index is 1.79. The summed E-state index contributed by atoms with van der Waals surface area (Å²) in [7, 11) is -3.66. The summed E-state index contributed by atoms with van der Waals surface area (Å²) < 4.78 is 23.0. The van der Waals surface area contributed by atoms with Gasteiger partial charge in [-0.1, -0.05) is 35.9 Å². The van der Waals surface area contributed by atoms with Crippen LogP contribution in [0.1, 0.15) is 42.4 Å². The maximum absolute atomic E-state index is 11.5. The van der Waals surface area contributed by atoms with Crippen molar-refractivity contribution in [2.24, 2.45) is 10.6 Å². The topological polar surface area (TPSA) is 60.2 Å². The van der Waals surface area contributed by atoms with Crippen molar-refractivity contribution in [2.45, 2.75) is 37.5 Å². The molecule has 1 fully saturated rings. The van der Waals surface area contributed by atoms with Crippen molar-refractivity contribution in [2.75, 3.05) is 0 Å². The standard InChI is InChI=1S/C20H20ClNO2S/c1-13-10-15(4-7-19(13)21)18-12-20(8-9-20)11-17(18)14-2-5-16(6-3-14)25(22,23)24/h2-7,10H,8-9,11-12H2,1H3,(H2,22,23,24). The molecule has 2 aliphatic carbocycles. The molecule has 0 saturated heterocycles. The van der Waals surface area contributed by atoms with Gasteiger partial charge >= 0.3 is 0 Å². The molecule has 2 aliphatic rings. The molecule has 5 heteroatoms. The molecule has 1 saturated carbocycles. The van der Waals surface area contributed by atoms with Crippen molar-refractivity contribution in [3.8, 4) is 0 Å². The van der Waals surface area contributed by atoms with Crippen LogP contribution in [0.3, 0.4) is 0 Å². The lowest BCUT2D eigenvalue weighted by Gasteiger charge is -2.10. The number of rotatable bonds is 3. The third-order valence-electron chi connectivity index (χ3n) is 5.46. The fourth-order valence-corrected chi connectivity index (χ4v) is 4.42. The second kappa shape index (κ2) is 5.70. The Morgan fingerprint density at radius 3 is 2.04 bits per heavy atom. The molecular formula is C20H20ClNO2S. The molecule has 2 aromatic rings. The highest BCUT2D eigenvalue weighted by Crippen LogP contribution is 2.63. The van der Waals surface area contributed by atoms with Crippen molar-refractivity contribution in [1.29, 1.82) is 0 Å². The summed E-state index contributed by atoms with van der Waals surface area (Å²) in [5, 5.41) is 5.99. The van der Waals surface area contributed by atoms with Gasteiger partial charge in [0.2, 0.25) is 10.0 Å². The van der Waals surface area contributed by atoms with E-state index >= 15 is 0 Å². The van der Waals surface area contributed by atoms with Crippen LogP contribution in [0.15, 0.2) is 47.4 Å². The van der Waals surface area contributed by atoms with Gasteiger partial charge in [0, 0.05) is 5.02 Å². The molecule has 2 N–H and O–H groups in total. The molecule has 3 nitrogen and oxygen atoms in total. The Morgan fingerprint density at radius 2 is 1.52 bits per heavy atom. The van der Waals surface area contributed by atoms with Gasteiger partial charge in [-0.15, -0.1) is 0 Å². The van der Waals surface area contributed by atoms with Crippen molar-refractivity contribution < 1.29 is 8.42 Å². The summed E-state index contributed by atoms with van der Waals surface area (Å²) in [6, 6.07) is 13.1. The molecular weight excluding hydrogens is 354 g/mol. The lowest BCUT2D eigenvalue weighted by Crippen LogP contribution is -2.11. The Kier molecular flexibility index (Phi) is 3.83. The molecule has 0 amide bonds. The van der Waals surface area contributed by atoms with Crippen molar-refractivity contribution >= 4 is 32.8 Å². The first-order valence-electron chi connectivity index (χ1n) is 8.39. The molecule has 0 aliphatic heterocycles. The second-order valence-electron chi connectivity index (χ2n) is 7.34. The molecule has 2 aromatic carbocycles. The summed E-state index contributed by atoms with van der Waals surface area (Å²) in [6.45, 7) is 2.02. The van der Waals surface area contributed by atoms with Gasteiger partial charge in [-0.25, -0.2) is 13.6 Å². The summed E-state index contributed by atoms with van der Waals surface area (Å²) >= 11 is 6.18. The smallest absolute Gasteiger partial charge is 0.225 e. The van der Waals surface area contributed by atoms with E-state index in [0.29, 0.717) is 5.41 Å². The largest absolute Gasteiger partial charge is 0.238 e. The van der Waals surface area contributed by atoms with Gasteiger partial charge in [-0.3, -0.25) is 0 Å². The molecule has 0 heterocycles. The number of hydrogen-bond acceptors (Lipinski definition) is 2. The van der Waals surface area contributed by atoms with Gasteiger partial charge in [0.15, 0.2) is 0 Å². The monoisotopic (exact) mass is 373 g/mol. The highest BCUT2D eigenvalue weighted by Gasteiger charge is 2.48. The van der Waals surface area contributed by atoms with E-state index < -0.39 is 10.0 Å². The van der Waals surface area contributed by atoms with Crippen LogP contribution in [-0.4, -0.2) is 8.42 Å². The highest BCUT2D eigenvalue weighted by molar-refractivity contribution is 7.89. The molecule has 0 radical (unpaired) electrons. The Hall–Kier alpha value is -1.62. The molecule has 1 spiro atoms. The zero-order valence-corrected chi connectivity index (χ0v) is 15.6. The molecule has 25 heavy (non-hydrogen) atoms. The minimum Gasteiger partial charge on any atom is -0.225 e. The normalized spacial score (nSPS) is 18.8. The van der Waals surface area contributed by atoms with Crippen LogP contribution < -0.4 is 5.14 Å². The summed E-state index contributed by atoms with van der Waals surface area (Å²) in [6.07, 6.45) is 4.67. The zero-order chi connectivity index (χ0) is 17.8. The number of halogens is 1. The molecule has 130 valence electrons. The van der Waals surface area contributed by atoms with Crippen LogP contribution >= 0.6 is 11.6 Å². The average molecular weight is 374 g/mol. The van der Waals surface area contributed by atoms with E-state index in [4.69, 9.17) is 16.7 Å². The Labute approximate surface area is 153 Å². The second-order valence-corrected chi connectivity index (χ2v) is 9.31. The van der Waals surface area contributed by atoms with Crippen molar-refractivity contribution in [3.63, 3.8) is 0 Å².